The summed E-state index contributed by atoms with van der Waals surface area (Å²) in [5.41, 5.74) is 0. The lowest BCUT2D eigenvalue weighted by molar-refractivity contribution is 0.578. The molecule has 211 valence electrons. The standard InChI is InChI=1S/C36H67/c1-3-5-7-9-11-13-15-17-19-21-23-25-27-29-31-33-35-36-34-32-30-28-26-24-22-20-18-16-14-12-10-8-6-4-2/h11,13,17-20,35H,3-10,12,14-16,21-34,36H2,1-2H3/b13-11-,19-17-,20-18-. The van der Waals surface area contributed by atoms with Crippen LogP contribution in [0.15, 0.2) is 36.5 Å². The first kappa shape index (κ1) is 35.2. The zero-order valence-corrected chi connectivity index (χ0v) is 25.1. The van der Waals surface area contributed by atoms with Crippen LogP contribution in [0.1, 0.15) is 187 Å². The van der Waals surface area contributed by atoms with Crippen LogP contribution in [-0.2, 0) is 0 Å². The molecule has 0 fully saturated rings. The monoisotopic (exact) mass is 500 g/mol. The summed E-state index contributed by atoms with van der Waals surface area (Å²) in [4.78, 5) is 0. The Balaban J connectivity index is 3.13. The quantitative estimate of drug-likeness (QED) is 0.0680. The van der Waals surface area contributed by atoms with Gasteiger partial charge in [0, 0.05) is 0 Å². The Labute approximate surface area is 229 Å². The van der Waals surface area contributed by atoms with E-state index in [1.54, 1.807) is 0 Å². The summed E-state index contributed by atoms with van der Waals surface area (Å²) >= 11 is 0. The van der Waals surface area contributed by atoms with E-state index in [0.717, 1.165) is 6.42 Å². The Hall–Kier alpha value is -0.780. The molecule has 0 N–H and O–H groups in total. The molecule has 0 heterocycles. The van der Waals surface area contributed by atoms with E-state index in [0.29, 0.717) is 0 Å². The summed E-state index contributed by atoms with van der Waals surface area (Å²) in [7, 11) is 0. The van der Waals surface area contributed by atoms with Crippen LogP contribution in [0.25, 0.3) is 0 Å². The Morgan fingerprint density at radius 2 is 0.556 bits per heavy atom. The third kappa shape index (κ3) is 33.2. The first-order valence-electron chi connectivity index (χ1n) is 16.7. The summed E-state index contributed by atoms with van der Waals surface area (Å²) in [6.07, 6.45) is 53.9. The summed E-state index contributed by atoms with van der Waals surface area (Å²) < 4.78 is 0. The van der Waals surface area contributed by atoms with Crippen LogP contribution < -0.4 is 0 Å². The van der Waals surface area contributed by atoms with Crippen molar-refractivity contribution in [1.29, 1.82) is 0 Å². The minimum absolute atomic E-state index is 1.12. The van der Waals surface area contributed by atoms with Crippen LogP contribution in [0, 0.1) is 6.42 Å². The van der Waals surface area contributed by atoms with Gasteiger partial charge in [0.1, 0.15) is 0 Å². The van der Waals surface area contributed by atoms with Gasteiger partial charge in [0.15, 0.2) is 0 Å². The van der Waals surface area contributed by atoms with E-state index in [1.165, 1.54) is 167 Å². The lowest BCUT2D eigenvalue weighted by atomic mass is 10.0. The first-order valence-corrected chi connectivity index (χ1v) is 16.7. The average molecular weight is 500 g/mol. The summed E-state index contributed by atoms with van der Waals surface area (Å²) in [6.45, 7) is 4.56. The summed E-state index contributed by atoms with van der Waals surface area (Å²) in [6, 6.07) is 0. The minimum atomic E-state index is 1.12. The van der Waals surface area contributed by atoms with Crippen LogP contribution in [0.2, 0.25) is 0 Å². The molecule has 36 heavy (non-hydrogen) atoms. The maximum Gasteiger partial charge on any atom is -0.0169 e. The van der Waals surface area contributed by atoms with Crippen molar-refractivity contribution in [3.05, 3.63) is 42.9 Å². The van der Waals surface area contributed by atoms with Crippen LogP contribution in [0.3, 0.4) is 0 Å². The summed E-state index contributed by atoms with van der Waals surface area (Å²) in [5.74, 6) is 0. The van der Waals surface area contributed by atoms with Crippen LogP contribution in [-0.4, -0.2) is 0 Å². The highest BCUT2D eigenvalue weighted by atomic mass is 14.0. The fraction of sp³-hybridized carbons (Fsp3) is 0.806. The molecule has 0 bridgehead atoms. The van der Waals surface area contributed by atoms with Gasteiger partial charge in [-0.1, -0.05) is 166 Å². The Morgan fingerprint density at radius 3 is 0.972 bits per heavy atom. The van der Waals surface area contributed by atoms with Gasteiger partial charge in [-0.05, 0) is 64.2 Å². The number of rotatable bonds is 30. The van der Waals surface area contributed by atoms with Crippen molar-refractivity contribution in [3.63, 3.8) is 0 Å². The normalized spacial score (nSPS) is 12.2. The second-order valence-corrected chi connectivity index (χ2v) is 11.0. The maximum absolute atomic E-state index is 2.56. The Kier molecular flexibility index (Phi) is 33.5. The van der Waals surface area contributed by atoms with Gasteiger partial charge in [0.05, 0.1) is 0 Å². The van der Waals surface area contributed by atoms with Crippen molar-refractivity contribution in [2.45, 2.75) is 187 Å². The molecule has 0 rings (SSSR count). The van der Waals surface area contributed by atoms with Crippen LogP contribution in [0.4, 0.5) is 0 Å². The molecule has 0 aliphatic rings. The Morgan fingerprint density at radius 1 is 0.278 bits per heavy atom. The SMILES string of the molecule is CCCCC/C=C\C/C=C\CCCCCCC[CH]CCCCCCCC/C=C\CCCCCCCC. The van der Waals surface area contributed by atoms with E-state index in [-0.39, 0.29) is 0 Å². The van der Waals surface area contributed by atoms with Gasteiger partial charge in [0.25, 0.3) is 0 Å². The van der Waals surface area contributed by atoms with Crippen molar-refractivity contribution < 1.29 is 0 Å². The molecule has 0 nitrogen and oxygen atoms in total. The highest BCUT2D eigenvalue weighted by Gasteiger charge is 1.95. The summed E-state index contributed by atoms with van der Waals surface area (Å²) in [5, 5.41) is 0. The minimum Gasteiger partial charge on any atom is -0.0885 e. The largest absolute Gasteiger partial charge is 0.0885 e. The second-order valence-electron chi connectivity index (χ2n) is 11.0. The molecule has 0 aliphatic heterocycles. The van der Waals surface area contributed by atoms with Crippen molar-refractivity contribution >= 4 is 0 Å². The predicted octanol–water partition coefficient (Wildman–Crippen LogP) is 13.4. The average Bonchev–Trinajstić information content (AvgIpc) is 2.89. The van der Waals surface area contributed by atoms with Gasteiger partial charge in [-0.25, -0.2) is 0 Å². The fourth-order valence-corrected chi connectivity index (χ4v) is 4.78. The molecule has 0 aliphatic carbocycles. The molecule has 0 atom stereocenters. The third-order valence-corrected chi connectivity index (χ3v) is 7.28. The molecular formula is C36H67. The second kappa shape index (κ2) is 34.2. The van der Waals surface area contributed by atoms with Crippen molar-refractivity contribution in [1.82, 2.24) is 0 Å². The maximum atomic E-state index is 2.56. The van der Waals surface area contributed by atoms with Gasteiger partial charge in [-0.15, -0.1) is 0 Å². The van der Waals surface area contributed by atoms with E-state index in [1.807, 2.05) is 0 Å². The van der Waals surface area contributed by atoms with E-state index < -0.39 is 0 Å². The molecule has 0 aromatic rings. The van der Waals surface area contributed by atoms with Gasteiger partial charge in [-0.3, -0.25) is 0 Å². The van der Waals surface area contributed by atoms with Crippen molar-refractivity contribution in [2.24, 2.45) is 0 Å². The van der Waals surface area contributed by atoms with E-state index in [9.17, 15) is 0 Å². The number of hydrogen-bond donors (Lipinski definition) is 0. The molecule has 0 saturated carbocycles. The van der Waals surface area contributed by atoms with E-state index in [4.69, 9.17) is 0 Å². The molecule has 0 amide bonds. The topological polar surface area (TPSA) is 0 Å². The van der Waals surface area contributed by atoms with Gasteiger partial charge in [0.2, 0.25) is 0 Å². The lowest BCUT2D eigenvalue weighted by Gasteiger charge is -2.03. The van der Waals surface area contributed by atoms with Crippen molar-refractivity contribution in [3.8, 4) is 0 Å². The molecule has 0 aromatic carbocycles. The number of unbranched alkanes of at least 4 members (excludes halogenated alkanes) is 24. The smallest absolute Gasteiger partial charge is 0.0169 e. The van der Waals surface area contributed by atoms with E-state index >= 15 is 0 Å². The Bertz CT molecular complexity index is 455. The zero-order valence-electron chi connectivity index (χ0n) is 25.1. The molecule has 0 heteroatoms. The van der Waals surface area contributed by atoms with Gasteiger partial charge < -0.3 is 0 Å². The molecule has 1 radical (unpaired) electrons. The van der Waals surface area contributed by atoms with Crippen LogP contribution in [0.5, 0.6) is 0 Å². The first-order chi connectivity index (χ1) is 17.9. The number of allylic oxidation sites excluding steroid dienone is 6. The zero-order chi connectivity index (χ0) is 26.0. The number of hydrogen-bond acceptors (Lipinski definition) is 0. The fourth-order valence-electron chi connectivity index (χ4n) is 4.78. The molecular weight excluding hydrogens is 432 g/mol. The highest BCUT2D eigenvalue weighted by molar-refractivity contribution is 4.92. The third-order valence-electron chi connectivity index (χ3n) is 7.28. The van der Waals surface area contributed by atoms with Gasteiger partial charge in [-0.2, -0.15) is 0 Å². The van der Waals surface area contributed by atoms with E-state index in [2.05, 4.69) is 56.7 Å². The van der Waals surface area contributed by atoms with Crippen LogP contribution >= 0.6 is 0 Å². The highest BCUT2D eigenvalue weighted by Crippen LogP contribution is 2.14. The molecule has 0 unspecified atom stereocenters. The van der Waals surface area contributed by atoms with Crippen molar-refractivity contribution in [2.75, 3.05) is 0 Å². The lowest BCUT2D eigenvalue weighted by Crippen LogP contribution is -1.84. The molecule has 0 aromatic heterocycles. The molecule has 0 saturated heterocycles. The van der Waals surface area contributed by atoms with Gasteiger partial charge >= 0.3 is 0 Å². The molecule has 0 spiro atoms. The predicted molar refractivity (Wildman–Crippen MR) is 168 cm³/mol.